The molecule has 0 aromatic rings. The van der Waals surface area contributed by atoms with Crippen molar-refractivity contribution >= 4 is 11.9 Å². The van der Waals surface area contributed by atoms with Gasteiger partial charge in [0, 0.05) is 6.42 Å². The summed E-state index contributed by atoms with van der Waals surface area (Å²) in [6.07, 6.45) is 0.0928. The number of nitrogens with one attached hydrogen (secondary N) is 1. The van der Waals surface area contributed by atoms with Gasteiger partial charge in [0.25, 0.3) is 0 Å². The van der Waals surface area contributed by atoms with Gasteiger partial charge in [0.05, 0.1) is 13.5 Å². The Morgan fingerprint density at radius 3 is 2.55 bits per heavy atom. The van der Waals surface area contributed by atoms with E-state index in [1.807, 2.05) is 0 Å². The highest BCUT2D eigenvalue weighted by atomic mass is 16.5. The Hall–Kier alpha value is -1.10. The summed E-state index contributed by atoms with van der Waals surface area (Å²) < 4.78 is 4.30. The number of amides is 1. The molecule has 0 aliphatic heterocycles. The molecule has 5 heteroatoms. The third-order valence-electron chi connectivity index (χ3n) is 1.06. The minimum absolute atomic E-state index is 0.0440. The van der Waals surface area contributed by atoms with Crippen LogP contribution >= 0.6 is 0 Å². The molecule has 0 aromatic heterocycles. The zero-order chi connectivity index (χ0) is 8.69. The fourth-order valence-corrected chi connectivity index (χ4v) is 0.494. The summed E-state index contributed by atoms with van der Waals surface area (Å²) in [6, 6.07) is 0. The lowest BCUT2D eigenvalue weighted by Crippen LogP contribution is -2.24. The molecule has 0 saturated carbocycles. The molecule has 0 aliphatic rings. The molecule has 0 radical (unpaired) electrons. The fourth-order valence-electron chi connectivity index (χ4n) is 0.494. The molecule has 2 N–H and O–H groups in total. The molecule has 0 aliphatic carbocycles. The molecule has 64 valence electrons. The molecule has 11 heavy (non-hydrogen) atoms. The van der Waals surface area contributed by atoms with E-state index in [2.05, 4.69) is 10.1 Å². The van der Waals surface area contributed by atoms with Crippen LogP contribution in [0.15, 0.2) is 0 Å². The van der Waals surface area contributed by atoms with Crippen LogP contribution in [-0.4, -0.2) is 30.8 Å². The van der Waals surface area contributed by atoms with Gasteiger partial charge in [-0.2, -0.15) is 0 Å². The van der Waals surface area contributed by atoms with Crippen molar-refractivity contribution in [2.75, 3.05) is 13.8 Å². The first-order valence-electron chi connectivity index (χ1n) is 3.15. The predicted molar refractivity (Wildman–Crippen MR) is 36.5 cm³/mol. The monoisotopic (exact) mass is 161 g/mol. The number of methoxy groups -OCH3 is 1. The largest absolute Gasteiger partial charge is 0.469 e. The van der Waals surface area contributed by atoms with Crippen LogP contribution in [0, 0.1) is 0 Å². The highest BCUT2D eigenvalue weighted by Crippen LogP contribution is 1.90. The molecule has 0 fully saturated rings. The molecule has 0 spiro atoms. The summed E-state index contributed by atoms with van der Waals surface area (Å²) >= 11 is 0. The van der Waals surface area contributed by atoms with Gasteiger partial charge in [0.15, 0.2) is 0 Å². The first-order valence-corrected chi connectivity index (χ1v) is 3.15. The maximum atomic E-state index is 10.6. The lowest BCUT2D eigenvalue weighted by molar-refractivity contribution is -0.142. The van der Waals surface area contributed by atoms with Gasteiger partial charge in [0.1, 0.15) is 6.73 Å². The number of carbonyl (C=O) groups excluding carboxylic acids is 2. The van der Waals surface area contributed by atoms with Crippen LogP contribution in [0.3, 0.4) is 0 Å². The van der Waals surface area contributed by atoms with Crippen molar-refractivity contribution < 1.29 is 19.4 Å². The predicted octanol–water partition coefficient (Wildman–Crippen LogP) is -0.994. The molecule has 0 aromatic carbocycles. The van der Waals surface area contributed by atoms with Crippen LogP contribution in [0.25, 0.3) is 0 Å². The summed E-state index contributed by atoms with van der Waals surface area (Å²) in [6.45, 7) is -0.403. The van der Waals surface area contributed by atoms with Crippen molar-refractivity contribution in [3.05, 3.63) is 0 Å². The van der Waals surface area contributed by atoms with Crippen molar-refractivity contribution in [3.63, 3.8) is 0 Å². The first kappa shape index (κ1) is 9.90. The van der Waals surface area contributed by atoms with Gasteiger partial charge in [-0.25, -0.2) is 0 Å². The van der Waals surface area contributed by atoms with E-state index in [0.717, 1.165) is 0 Å². The lowest BCUT2D eigenvalue weighted by Gasteiger charge is -1.99. The Labute approximate surface area is 64.3 Å². The highest BCUT2D eigenvalue weighted by molar-refractivity contribution is 5.80. The molecule has 5 nitrogen and oxygen atoms in total. The summed E-state index contributed by atoms with van der Waals surface area (Å²) in [5.74, 6) is -0.795. The number of hydrogen-bond acceptors (Lipinski definition) is 4. The maximum Gasteiger partial charge on any atom is 0.306 e. The van der Waals surface area contributed by atoms with Gasteiger partial charge in [-0.1, -0.05) is 0 Å². The van der Waals surface area contributed by atoms with Crippen LogP contribution in [0.5, 0.6) is 0 Å². The second-order valence-corrected chi connectivity index (χ2v) is 1.83. The number of aliphatic hydroxyl groups is 1. The summed E-state index contributed by atoms with van der Waals surface area (Å²) in [7, 11) is 1.26. The Morgan fingerprint density at radius 2 is 2.09 bits per heavy atom. The molecule has 1 amide bonds. The number of hydrogen-bond donors (Lipinski definition) is 2. The number of rotatable bonds is 4. The first-order chi connectivity index (χ1) is 5.20. The number of ether oxygens (including phenoxy) is 1. The van der Waals surface area contributed by atoms with Crippen molar-refractivity contribution in [1.82, 2.24) is 5.32 Å². The van der Waals surface area contributed by atoms with E-state index < -0.39 is 12.7 Å². The van der Waals surface area contributed by atoms with Crippen LogP contribution in [0.1, 0.15) is 12.8 Å². The van der Waals surface area contributed by atoms with Gasteiger partial charge in [-0.15, -0.1) is 0 Å². The number of esters is 1. The standard InChI is InChI=1S/C6H11NO4/c1-11-6(10)3-2-5(9)7-4-8/h8H,2-4H2,1H3,(H,7,9). The minimum Gasteiger partial charge on any atom is -0.469 e. The third kappa shape index (κ3) is 5.35. The SMILES string of the molecule is COC(=O)CCC(=O)NCO. The van der Waals surface area contributed by atoms with Gasteiger partial charge in [-0.05, 0) is 0 Å². The van der Waals surface area contributed by atoms with E-state index in [9.17, 15) is 9.59 Å². The quantitative estimate of drug-likeness (QED) is 0.410. The third-order valence-corrected chi connectivity index (χ3v) is 1.06. The van der Waals surface area contributed by atoms with Gasteiger partial charge < -0.3 is 15.2 Å². The van der Waals surface area contributed by atoms with Gasteiger partial charge in [-0.3, -0.25) is 9.59 Å². The van der Waals surface area contributed by atoms with Crippen LogP contribution in [0.2, 0.25) is 0 Å². The highest BCUT2D eigenvalue weighted by Gasteiger charge is 2.04. The summed E-state index contributed by atoms with van der Waals surface area (Å²) in [5, 5.41) is 10.3. The van der Waals surface area contributed by atoms with Crippen LogP contribution < -0.4 is 5.32 Å². The number of aliphatic hydroxyl groups excluding tert-OH is 1. The minimum atomic E-state index is -0.432. The van der Waals surface area contributed by atoms with Crippen LogP contribution in [-0.2, 0) is 14.3 Å². The van der Waals surface area contributed by atoms with Crippen molar-refractivity contribution in [2.45, 2.75) is 12.8 Å². The average Bonchev–Trinajstić information content (AvgIpc) is 2.01. The zero-order valence-corrected chi connectivity index (χ0v) is 6.29. The Morgan fingerprint density at radius 1 is 1.45 bits per heavy atom. The molecule has 0 saturated heterocycles. The topological polar surface area (TPSA) is 75.6 Å². The normalized spacial score (nSPS) is 8.91. The van der Waals surface area contributed by atoms with E-state index in [-0.39, 0.29) is 18.7 Å². The zero-order valence-electron chi connectivity index (χ0n) is 6.29. The fraction of sp³-hybridized carbons (Fsp3) is 0.667. The molecule has 0 atom stereocenters. The Bertz CT molecular complexity index is 146. The van der Waals surface area contributed by atoms with Gasteiger partial charge >= 0.3 is 5.97 Å². The maximum absolute atomic E-state index is 10.6. The molecule has 0 heterocycles. The van der Waals surface area contributed by atoms with E-state index >= 15 is 0 Å². The van der Waals surface area contributed by atoms with E-state index in [0.29, 0.717) is 0 Å². The van der Waals surface area contributed by atoms with Crippen LogP contribution in [0.4, 0.5) is 0 Å². The van der Waals surface area contributed by atoms with E-state index in [1.54, 1.807) is 0 Å². The molecule has 0 unspecified atom stereocenters. The van der Waals surface area contributed by atoms with Crippen molar-refractivity contribution in [2.24, 2.45) is 0 Å². The second kappa shape index (κ2) is 5.67. The lowest BCUT2D eigenvalue weighted by atomic mass is 10.3. The summed E-state index contributed by atoms with van der Waals surface area (Å²) in [4.78, 5) is 21.0. The molecule has 0 rings (SSSR count). The Balaban J connectivity index is 3.38. The molecular formula is C6H11NO4. The molecule has 0 bridgehead atoms. The smallest absolute Gasteiger partial charge is 0.306 e. The molecular weight excluding hydrogens is 150 g/mol. The average molecular weight is 161 g/mol. The van der Waals surface area contributed by atoms with Crippen molar-refractivity contribution in [3.8, 4) is 0 Å². The second-order valence-electron chi connectivity index (χ2n) is 1.83. The van der Waals surface area contributed by atoms with Gasteiger partial charge in [0.2, 0.25) is 5.91 Å². The number of carbonyl (C=O) groups is 2. The Kier molecular flexibility index (Phi) is 5.10. The van der Waals surface area contributed by atoms with Crippen molar-refractivity contribution in [1.29, 1.82) is 0 Å². The van der Waals surface area contributed by atoms with E-state index in [4.69, 9.17) is 5.11 Å². The summed E-state index contributed by atoms with van der Waals surface area (Å²) in [5.41, 5.74) is 0. The van der Waals surface area contributed by atoms with E-state index in [1.165, 1.54) is 7.11 Å².